The number of halogens is 1. The van der Waals surface area contributed by atoms with Crippen molar-refractivity contribution in [2.45, 2.75) is 6.92 Å². The van der Waals surface area contributed by atoms with Gasteiger partial charge in [0, 0.05) is 17.6 Å². The Bertz CT molecular complexity index is 979. The molecule has 3 rings (SSSR count). The van der Waals surface area contributed by atoms with Crippen molar-refractivity contribution < 1.29 is 14.3 Å². The Hall–Kier alpha value is -3.25. The molecule has 0 aliphatic carbocycles. The van der Waals surface area contributed by atoms with Gasteiger partial charge >= 0.3 is 0 Å². The Morgan fingerprint density at radius 1 is 1.07 bits per heavy atom. The van der Waals surface area contributed by atoms with Gasteiger partial charge in [-0.05, 0) is 49.4 Å². The van der Waals surface area contributed by atoms with Crippen LogP contribution in [-0.4, -0.2) is 24.6 Å². The quantitative estimate of drug-likeness (QED) is 0.577. The van der Waals surface area contributed by atoms with Gasteiger partial charge in [-0.25, -0.2) is 0 Å². The molecule has 6 nitrogen and oxygen atoms in total. The number of benzene rings is 2. The molecule has 0 saturated carbocycles. The number of carbonyl (C=O) groups excluding carboxylic acids is 1. The standard InChI is InChI=1S/C21H20ClN3O3/c1-3-28-20-7-5-4-6-17(20)24-15-10-11-23-18(13-15)21(26)25-14-8-9-19(27-2)16(22)12-14/h4-13H,3H2,1-2H3,(H,23,24)(H,25,26). The predicted molar refractivity (Wildman–Crippen MR) is 111 cm³/mol. The van der Waals surface area contributed by atoms with Crippen molar-refractivity contribution in [1.29, 1.82) is 0 Å². The molecule has 0 radical (unpaired) electrons. The number of ether oxygens (including phenoxy) is 2. The minimum absolute atomic E-state index is 0.269. The fraction of sp³-hybridized carbons (Fsp3) is 0.143. The molecule has 0 spiro atoms. The highest BCUT2D eigenvalue weighted by molar-refractivity contribution is 6.32. The SMILES string of the molecule is CCOc1ccccc1Nc1ccnc(C(=O)Nc2ccc(OC)c(Cl)c2)c1. The van der Waals surface area contributed by atoms with Gasteiger partial charge in [0.2, 0.25) is 0 Å². The molecule has 1 heterocycles. The Balaban J connectivity index is 1.76. The molecule has 0 fully saturated rings. The Morgan fingerprint density at radius 2 is 1.89 bits per heavy atom. The van der Waals surface area contributed by atoms with Gasteiger partial charge in [-0.2, -0.15) is 0 Å². The number of anilines is 3. The second-order valence-corrected chi connectivity index (χ2v) is 6.19. The second kappa shape index (κ2) is 9.10. The van der Waals surface area contributed by atoms with Gasteiger partial charge in [0.1, 0.15) is 17.2 Å². The number of amides is 1. The van der Waals surface area contributed by atoms with Crippen molar-refractivity contribution in [3.8, 4) is 11.5 Å². The number of rotatable bonds is 7. The maximum absolute atomic E-state index is 12.6. The van der Waals surface area contributed by atoms with E-state index in [1.165, 1.54) is 7.11 Å². The van der Waals surface area contributed by atoms with E-state index in [2.05, 4.69) is 15.6 Å². The average molecular weight is 398 g/mol. The van der Waals surface area contributed by atoms with Crippen LogP contribution in [0.2, 0.25) is 5.02 Å². The molecular formula is C21H20ClN3O3. The first-order chi connectivity index (χ1) is 13.6. The third kappa shape index (κ3) is 4.72. The highest BCUT2D eigenvalue weighted by Gasteiger charge is 2.11. The fourth-order valence-electron chi connectivity index (χ4n) is 2.58. The van der Waals surface area contributed by atoms with Crippen molar-refractivity contribution in [2.24, 2.45) is 0 Å². The van der Waals surface area contributed by atoms with E-state index in [4.69, 9.17) is 21.1 Å². The summed E-state index contributed by atoms with van der Waals surface area (Å²) in [4.78, 5) is 16.7. The van der Waals surface area contributed by atoms with Gasteiger partial charge in [0.05, 0.1) is 24.4 Å². The minimum Gasteiger partial charge on any atom is -0.495 e. The number of carbonyl (C=O) groups is 1. The van der Waals surface area contributed by atoms with Crippen LogP contribution in [0.15, 0.2) is 60.8 Å². The first-order valence-electron chi connectivity index (χ1n) is 8.70. The Morgan fingerprint density at radius 3 is 2.64 bits per heavy atom. The number of aromatic nitrogens is 1. The summed E-state index contributed by atoms with van der Waals surface area (Å²) in [7, 11) is 1.53. The number of hydrogen-bond acceptors (Lipinski definition) is 5. The lowest BCUT2D eigenvalue weighted by atomic mass is 10.2. The molecule has 144 valence electrons. The summed E-state index contributed by atoms with van der Waals surface area (Å²) in [6, 6.07) is 16.1. The molecule has 0 atom stereocenters. The summed E-state index contributed by atoms with van der Waals surface area (Å²) >= 11 is 6.10. The summed E-state index contributed by atoms with van der Waals surface area (Å²) in [5, 5.41) is 6.45. The highest BCUT2D eigenvalue weighted by Crippen LogP contribution is 2.29. The number of para-hydroxylation sites is 2. The molecule has 7 heteroatoms. The van der Waals surface area contributed by atoms with E-state index < -0.39 is 0 Å². The Kier molecular flexibility index (Phi) is 6.34. The van der Waals surface area contributed by atoms with Gasteiger partial charge in [-0.1, -0.05) is 23.7 Å². The summed E-state index contributed by atoms with van der Waals surface area (Å²) < 4.78 is 10.7. The molecular weight excluding hydrogens is 378 g/mol. The molecule has 0 saturated heterocycles. The van der Waals surface area contributed by atoms with E-state index in [9.17, 15) is 4.79 Å². The topological polar surface area (TPSA) is 72.5 Å². The van der Waals surface area contributed by atoms with Crippen LogP contribution in [0.1, 0.15) is 17.4 Å². The van der Waals surface area contributed by atoms with Gasteiger partial charge in [0.15, 0.2) is 0 Å². The van der Waals surface area contributed by atoms with Crippen LogP contribution in [0.3, 0.4) is 0 Å². The van der Waals surface area contributed by atoms with E-state index in [0.29, 0.717) is 23.1 Å². The molecule has 0 unspecified atom stereocenters. The van der Waals surface area contributed by atoms with Crippen molar-refractivity contribution in [3.63, 3.8) is 0 Å². The van der Waals surface area contributed by atoms with Crippen LogP contribution in [-0.2, 0) is 0 Å². The van der Waals surface area contributed by atoms with Crippen molar-refractivity contribution in [3.05, 3.63) is 71.5 Å². The van der Waals surface area contributed by atoms with Crippen LogP contribution in [0.25, 0.3) is 0 Å². The fourth-order valence-corrected chi connectivity index (χ4v) is 2.84. The van der Waals surface area contributed by atoms with Crippen LogP contribution in [0, 0.1) is 0 Å². The van der Waals surface area contributed by atoms with Crippen LogP contribution < -0.4 is 20.1 Å². The largest absolute Gasteiger partial charge is 0.495 e. The first-order valence-corrected chi connectivity index (χ1v) is 9.08. The zero-order valence-electron chi connectivity index (χ0n) is 15.5. The van der Waals surface area contributed by atoms with E-state index in [-0.39, 0.29) is 11.6 Å². The molecule has 1 amide bonds. The van der Waals surface area contributed by atoms with E-state index in [0.717, 1.165) is 17.1 Å². The van der Waals surface area contributed by atoms with Crippen LogP contribution in [0.4, 0.5) is 17.1 Å². The minimum atomic E-state index is -0.344. The summed E-state index contributed by atoms with van der Waals surface area (Å²) in [5.74, 6) is 0.931. The number of nitrogens with zero attached hydrogens (tertiary/aromatic N) is 1. The van der Waals surface area contributed by atoms with Crippen molar-refractivity contribution >= 4 is 34.6 Å². The molecule has 0 aliphatic heterocycles. The summed E-state index contributed by atoms with van der Waals surface area (Å²) in [6.07, 6.45) is 1.57. The number of pyridine rings is 1. The molecule has 2 aromatic carbocycles. The third-order valence-electron chi connectivity index (χ3n) is 3.87. The molecule has 3 aromatic rings. The smallest absolute Gasteiger partial charge is 0.274 e. The van der Waals surface area contributed by atoms with Gasteiger partial charge in [-0.15, -0.1) is 0 Å². The molecule has 1 aromatic heterocycles. The average Bonchev–Trinajstić information content (AvgIpc) is 2.70. The number of nitrogens with one attached hydrogen (secondary N) is 2. The zero-order chi connectivity index (χ0) is 19.9. The summed E-state index contributed by atoms with van der Waals surface area (Å²) in [5.41, 5.74) is 2.35. The predicted octanol–water partition coefficient (Wildman–Crippen LogP) is 5.14. The normalized spacial score (nSPS) is 10.2. The van der Waals surface area contributed by atoms with E-state index in [1.54, 1.807) is 36.5 Å². The Labute approximate surface area is 168 Å². The molecule has 28 heavy (non-hydrogen) atoms. The van der Waals surface area contributed by atoms with E-state index >= 15 is 0 Å². The van der Waals surface area contributed by atoms with Crippen molar-refractivity contribution in [2.75, 3.05) is 24.4 Å². The maximum Gasteiger partial charge on any atom is 0.274 e. The molecule has 0 bridgehead atoms. The molecule has 2 N–H and O–H groups in total. The second-order valence-electron chi connectivity index (χ2n) is 5.79. The lowest BCUT2D eigenvalue weighted by molar-refractivity contribution is 0.102. The lowest BCUT2D eigenvalue weighted by Gasteiger charge is -2.13. The highest BCUT2D eigenvalue weighted by atomic mass is 35.5. The van der Waals surface area contributed by atoms with Gasteiger partial charge in [-0.3, -0.25) is 9.78 Å². The lowest BCUT2D eigenvalue weighted by Crippen LogP contribution is -2.13. The van der Waals surface area contributed by atoms with Crippen LogP contribution in [0.5, 0.6) is 11.5 Å². The van der Waals surface area contributed by atoms with Gasteiger partial charge < -0.3 is 20.1 Å². The van der Waals surface area contributed by atoms with Crippen LogP contribution >= 0.6 is 11.6 Å². The summed E-state index contributed by atoms with van der Waals surface area (Å²) in [6.45, 7) is 2.49. The third-order valence-corrected chi connectivity index (χ3v) is 4.16. The number of hydrogen-bond donors (Lipinski definition) is 2. The number of methoxy groups -OCH3 is 1. The maximum atomic E-state index is 12.6. The zero-order valence-corrected chi connectivity index (χ0v) is 16.3. The monoisotopic (exact) mass is 397 g/mol. The van der Waals surface area contributed by atoms with Crippen molar-refractivity contribution in [1.82, 2.24) is 4.98 Å². The molecule has 0 aliphatic rings. The first kappa shape index (κ1) is 19.5. The van der Waals surface area contributed by atoms with E-state index in [1.807, 2.05) is 31.2 Å². The van der Waals surface area contributed by atoms with Gasteiger partial charge in [0.25, 0.3) is 5.91 Å².